The highest BCUT2D eigenvalue weighted by molar-refractivity contribution is 6.06. The van der Waals surface area contributed by atoms with Crippen LogP contribution in [0.3, 0.4) is 0 Å². The highest BCUT2D eigenvalue weighted by atomic mass is 16.5. The Kier molecular flexibility index (Phi) is 8.14. The third-order valence-electron chi connectivity index (χ3n) is 7.10. The molecular weight excluding hydrogens is 532 g/mol. The second-order valence-corrected chi connectivity index (χ2v) is 9.69. The number of aryl methyl sites for hydroxylation is 1. The molecule has 13 nitrogen and oxygen atoms in total. The van der Waals surface area contributed by atoms with Gasteiger partial charge in [0, 0.05) is 19.1 Å². The molecule has 1 fully saturated rings. The number of benzene rings is 2. The van der Waals surface area contributed by atoms with Crippen LogP contribution in [0.2, 0.25) is 0 Å². The van der Waals surface area contributed by atoms with Gasteiger partial charge in [-0.1, -0.05) is 0 Å². The topological polar surface area (TPSA) is 238 Å². The molecule has 1 spiro atoms. The van der Waals surface area contributed by atoms with Gasteiger partial charge in [0.15, 0.2) is 34.5 Å². The van der Waals surface area contributed by atoms with Crippen LogP contribution in [0, 0.1) is 11.3 Å². The van der Waals surface area contributed by atoms with Crippen LogP contribution in [0.5, 0.6) is 34.5 Å². The molecule has 4 rings (SSSR count). The lowest BCUT2D eigenvalue weighted by Crippen LogP contribution is -2.45. The number of hydrogen-bond acceptors (Lipinski definition) is 13. The van der Waals surface area contributed by atoms with E-state index in [-0.39, 0.29) is 12.2 Å². The van der Waals surface area contributed by atoms with Crippen LogP contribution in [0.4, 0.5) is 0 Å². The number of aliphatic hydroxyl groups is 6. The van der Waals surface area contributed by atoms with Crippen LogP contribution < -0.4 is 4.74 Å². The van der Waals surface area contributed by atoms with Crippen LogP contribution in [-0.2, 0) is 16.0 Å². The van der Waals surface area contributed by atoms with Crippen molar-refractivity contribution in [2.24, 2.45) is 11.3 Å². The van der Waals surface area contributed by atoms with Crippen LogP contribution in [-0.4, -0.2) is 88.9 Å². The molecule has 0 saturated carbocycles. The van der Waals surface area contributed by atoms with E-state index in [0.29, 0.717) is 18.4 Å². The zero-order valence-electron chi connectivity index (χ0n) is 21.0. The molecule has 1 saturated heterocycles. The summed E-state index contributed by atoms with van der Waals surface area (Å²) in [7, 11) is 0. The van der Waals surface area contributed by atoms with Crippen molar-refractivity contribution < 1.29 is 65.3 Å². The number of aliphatic hydroxyl groups excluding tert-OH is 6. The smallest absolute Gasteiger partial charge is 0.260 e. The standard InChI is InChI=1S/C27H30O13/c28-3-1-2-12-4-15(31)24(16(32)5-12)39-25-17(33)6-13(7-18(25)34)23-14(10-29)27(26(40-23)21(37)11-30)8-19(35)22(38)20(36)9-27/h4-9,14,21,23,26,28-37H,1-3,10-11H2/t14-,21?,23-,26+/m1/s1. The minimum atomic E-state index is -1.68. The number of phenolic OH excluding ortho intramolecular Hbond substituents is 4. The molecule has 216 valence electrons. The molecule has 2 aromatic carbocycles. The molecule has 0 aromatic heterocycles. The van der Waals surface area contributed by atoms with E-state index in [9.17, 15) is 50.8 Å². The second-order valence-electron chi connectivity index (χ2n) is 9.69. The summed E-state index contributed by atoms with van der Waals surface area (Å²) in [5.74, 6) is -7.28. The van der Waals surface area contributed by atoms with Crippen LogP contribution in [0.15, 0.2) is 47.9 Å². The van der Waals surface area contributed by atoms with E-state index in [1.807, 2.05) is 0 Å². The molecule has 1 heterocycles. The summed E-state index contributed by atoms with van der Waals surface area (Å²) in [6, 6.07) is 4.76. The molecule has 0 radical (unpaired) electrons. The first kappa shape index (κ1) is 29.0. The molecule has 0 bridgehead atoms. The first-order valence-corrected chi connectivity index (χ1v) is 12.3. The Hall–Kier alpha value is -4.01. The Bertz CT molecular complexity index is 1280. The summed E-state index contributed by atoms with van der Waals surface area (Å²) in [6.07, 6.45) is -1.46. The van der Waals surface area contributed by atoms with Crippen molar-refractivity contribution in [1.82, 2.24) is 0 Å². The van der Waals surface area contributed by atoms with Gasteiger partial charge in [-0.25, -0.2) is 0 Å². The molecule has 1 aliphatic heterocycles. The molecule has 0 amide bonds. The number of rotatable bonds is 9. The first-order valence-electron chi connectivity index (χ1n) is 12.3. The van der Waals surface area contributed by atoms with Crippen molar-refractivity contribution >= 4 is 5.78 Å². The van der Waals surface area contributed by atoms with Crippen molar-refractivity contribution in [3.8, 4) is 34.5 Å². The van der Waals surface area contributed by atoms with Gasteiger partial charge in [0.05, 0.1) is 24.2 Å². The van der Waals surface area contributed by atoms with Gasteiger partial charge in [-0.15, -0.1) is 0 Å². The number of Topliss-reactive ketones (excluding diaryl/α,β-unsaturated/α-hetero) is 1. The lowest BCUT2D eigenvalue weighted by Gasteiger charge is -2.36. The summed E-state index contributed by atoms with van der Waals surface area (Å²) >= 11 is 0. The summed E-state index contributed by atoms with van der Waals surface area (Å²) in [5.41, 5.74) is -1.13. The number of ketones is 1. The van der Waals surface area contributed by atoms with Gasteiger partial charge in [0.2, 0.25) is 11.5 Å². The van der Waals surface area contributed by atoms with Gasteiger partial charge in [0.1, 0.15) is 6.10 Å². The molecule has 13 heteroatoms. The van der Waals surface area contributed by atoms with E-state index in [4.69, 9.17) is 14.6 Å². The molecular formula is C27H30O13. The minimum absolute atomic E-state index is 0.0406. The fraction of sp³-hybridized carbons (Fsp3) is 0.370. The van der Waals surface area contributed by atoms with Gasteiger partial charge in [-0.05, 0) is 60.4 Å². The average molecular weight is 563 g/mol. The van der Waals surface area contributed by atoms with Gasteiger partial charge < -0.3 is 60.5 Å². The van der Waals surface area contributed by atoms with E-state index >= 15 is 0 Å². The molecule has 1 unspecified atom stereocenters. The Morgan fingerprint density at radius 1 is 0.850 bits per heavy atom. The first-order chi connectivity index (χ1) is 19.0. The quantitative estimate of drug-likeness (QED) is 0.206. The van der Waals surface area contributed by atoms with Gasteiger partial charge >= 0.3 is 0 Å². The predicted octanol–water partition coefficient (Wildman–Crippen LogP) is 1.08. The maximum absolute atomic E-state index is 12.0. The minimum Gasteiger partial charge on any atom is -0.504 e. The molecule has 1 aliphatic carbocycles. The molecule has 40 heavy (non-hydrogen) atoms. The zero-order valence-corrected chi connectivity index (χ0v) is 21.0. The van der Waals surface area contributed by atoms with Crippen LogP contribution in [0.1, 0.15) is 23.7 Å². The third kappa shape index (κ3) is 5.00. The van der Waals surface area contributed by atoms with Crippen LogP contribution in [0.25, 0.3) is 0 Å². The van der Waals surface area contributed by atoms with Crippen molar-refractivity contribution in [2.45, 2.75) is 31.2 Å². The monoisotopic (exact) mass is 562 g/mol. The van der Waals surface area contributed by atoms with E-state index in [1.54, 1.807) is 0 Å². The number of carbonyl (C=O) groups excluding carboxylic acids is 1. The number of hydrogen-bond donors (Lipinski definition) is 10. The Labute approximate surface area is 227 Å². The summed E-state index contributed by atoms with van der Waals surface area (Å²) < 4.78 is 11.4. The Morgan fingerprint density at radius 3 is 1.85 bits per heavy atom. The summed E-state index contributed by atoms with van der Waals surface area (Å²) in [6.45, 7) is -1.60. The molecule has 10 N–H and O–H groups in total. The number of phenols is 4. The lowest BCUT2D eigenvalue weighted by atomic mass is 9.67. The Morgan fingerprint density at radius 2 is 1.38 bits per heavy atom. The number of carbonyl (C=O) groups is 1. The SMILES string of the molecule is O=C1C(O)=CC2(C=C1O)[C@H](CO)[C@@H](c1cc(O)c(Oc3c(O)cc(CCCO)cc3O)c(O)c1)O[C@H]2C(O)CO. The average Bonchev–Trinajstić information content (AvgIpc) is 3.21. The predicted molar refractivity (Wildman–Crippen MR) is 135 cm³/mol. The maximum atomic E-state index is 12.0. The zero-order chi connectivity index (χ0) is 29.4. The van der Waals surface area contributed by atoms with Crippen LogP contribution >= 0.6 is 0 Å². The highest BCUT2D eigenvalue weighted by Gasteiger charge is 2.58. The van der Waals surface area contributed by atoms with Gasteiger partial charge in [0.25, 0.3) is 5.78 Å². The number of ether oxygens (including phenoxy) is 2. The van der Waals surface area contributed by atoms with E-state index < -0.39 is 94.7 Å². The Balaban J connectivity index is 1.72. The maximum Gasteiger partial charge on any atom is 0.260 e. The third-order valence-corrected chi connectivity index (χ3v) is 7.10. The molecule has 4 atom stereocenters. The van der Waals surface area contributed by atoms with E-state index in [2.05, 4.69) is 0 Å². The summed E-state index contributed by atoms with van der Waals surface area (Å²) in [4.78, 5) is 12.0. The molecule has 2 aliphatic rings. The number of aromatic hydroxyl groups is 4. The summed E-state index contributed by atoms with van der Waals surface area (Å²) in [5, 5.41) is 102. The molecule has 2 aromatic rings. The van der Waals surface area contributed by atoms with Gasteiger partial charge in [-0.3, -0.25) is 4.79 Å². The normalized spacial score (nSPS) is 22.7. The van der Waals surface area contributed by atoms with Gasteiger partial charge in [-0.2, -0.15) is 0 Å². The van der Waals surface area contributed by atoms with Crippen molar-refractivity contribution in [3.63, 3.8) is 0 Å². The highest BCUT2D eigenvalue weighted by Crippen LogP contribution is 2.57. The van der Waals surface area contributed by atoms with Crippen molar-refractivity contribution in [3.05, 3.63) is 59.1 Å². The largest absolute Gasteiger partial charge is 0.504 e. The van der Waals surface area contributed by atoms with E-state index in [0.717, 1.165) is 24.3 Å². The fourth-order valence-electron chi connectivity index (χ4n) is 5.26. The lowest BCUT2D eigenvalue weighted by molar-refractivity contribution is -0.117. The fourth-order valence-corrected chi connectivity index (χ4v) is 5.26. The van der Waals surface area contributed by atoms with E-state index in [1.165, 1.54) is 12.1 Å². The second kappa shape index (κ2) is 11.2. The van der Waals surface area contributed by atoms with Crippen molar-refractivity contribution in [1.29, 1.82) is 0 Å². The van der Waals surface area contributed by atoms with Crippen molar-refractivity contribution in [2.75, 3.05) is 19.8 Å².